The number of rotatable bonds is 1. The molecule has 0 saturated carbocycles. The minimum absolute atomic E-state index is 0.0804. The number of carbonyl (C=O) groups excluding carboxylic acids is 1. The van der Waals surface area contributed by atoms with Crippen molar-refractivity contribution in [2.75, 3.05) is 0 Å². The standard InChI is InChI=1S/C13H11NO2/c15-13(10-4-2-1-3-5-10)14-6-11-8-16-9-12(11)7-14/h1-5,8-9H,6-7H2. The summed E-state index contributed by atoms with van der Waals surface area (Å²) in [7, 11) is 0. The van der Waals surface area contributed by atoms with E-state index in [4.69, 9.17) is 4.42 Å². The van der Waals surface area contributed by atoms with Gasteiger partial charge in [-0.25, -0.2) is 0 Å². The van der Waals surface area contributed by atoms with Crippen LogP contribution in [0.25, 0.3) is 0 Å². The SMILES string of the molecule is O=C(c1ccccc1)N1Cc2cocc2C1. The second kappa shape index (κ2) is 3.52. The first-order valence-electron chi connectivity index (χ1n) is 5.23. The summed E-state index contributed by atoms with van der Waals surface area (Å²) in [6.45, 7) is 1.30. The Morgan fingerprint density at radius 2 is 1.69 bits per heavy atom. The molecule has 2 heterocycles. The van der Waals surface area contributed by atoms with Gasteiger partial charge in [-0.15, -0.1) is 0 Å². The number of amides is 1. The molecule has 1 aliphatic rings. The van der Waals surface area contributed by atoms with Crippen LogP contribution in [-0.2, 0) is 13.1 Å². The molecule has 1 amide bonds. The van der Waals surface area contributed by atoms with E-state index in [0.29, 0.717) is 13.1 Å². The van der Waals surface area contributed by atoms with E-state index in [1.807, 2.05) is 35.2 Å². The molecule has 16 heavy (non-hydrogen) atoms. The molecule has 2 aromatic rings. The Morgan fingerprint density at radius 1 is 1.06 bits per heavy atom. The first-order valence-corrected chi connectivity index (χ1v) is 5.23. The Bertz CT molecular complexity index is 495. The predicted octanol–water partition coefficient (Wildman–Crippen LogP) is 2.44. The van der Waals surface area contributed by atoms with Crippen molar-refractivity contribution in [2.45, 2.75) is 13.1 Å². The van der Waals surface area contributed by atoms with Gasteiger partial charge in [-0.3, -0.25) is 4.79 Å². The third kappa shape index (κ3) is 1.41. The predicted molar refractivity (Wildman–Crippen MR) is 58.7 cm³/mol. The number of carbonyl (C=O) groups is 1. The van der Waals surface area contributed by atoms with E-state index >= 15 is 0 Å². The van der Waals surface area contributed by atoms with Gasteiger partial charge in [0.1, 0.15) is 0 Å². The van der Waals surface area contributed by atoms with Crippen LogP contribution in [0.15, 0.2) is 47.3 Å². The third-order valence-corrected chi connectivity index (χ3v) is 2.86. The molecular weight excluding hydrogens is 202 g/mol. The zero-order valence-electron chi connectivity index (χ0n) is 8.72. The lowest BCUT2D eigenvalue weighted by atomic mass is 10.2. The van der Waals surface area contributed by atoms with E-state index < -0.39 is 0 Å². The van der Waals surface area contributed by atoms with Crippen molar-refractivity contribution in [3.8, 4) is 0 Å². The lowest BCUT2D eigenvalue weighted by molar-refractivity contribution is 0.0749. The van der Waals surface area contributed by atoms with Gasteiger partial charge in [-0.2, -0.15) is 0 Å². The maximum Gasteiger partial charge on any atom is 0.254 e. The van der Waals surface area contributed by atoms with Crippen molar-refractivity contribution in [3.63, 3.8) is 0 Å². The molecule has 0 radical (unpaired) electrons. The van der Waals surface area contributed by atoms with Crippen molar-refractivity contribution >= 4 is 5.91 Å². The fourth-order valence-corrected chi connectivity index (χ4v) is 2.00. The summed E-state index contributed by atoms with van der Waals surface area (Å²) in [5, 5.41) is 0. The topological polar surface area (TPSA) is 33.5 Å². The normalized spacial score (nSPS) is 13.9. The summed E-state index contributed by atoms with van der Waals surface area (Å²) in [4.78, 5) is 13.9. The molecule has 0 atom stereocenters. The van der Waals surface area contributed by atoms with E-state index in [1.54, 1.807) is 12.5 Å². The quantitative estimate of drug-likeness (QED) is 0.729. The van der Waals surface area contributed by atoms with Crippen molar-refractivity contribution in [1.29, 1.82) is 0 Å². The molecule has 0 spiro atoms. The van der Waals surface area contributed by atoms with Crippen LogP contribution in [0.2, 0.25) is 0 Å². The third-order valence-electron chi connectivity index (χ3n) is 2.86. The largest absolute Gasteiger partial charge is 0.472 e. The molecule has 0 N–H and O–H groups in total. The van der Waals surface area contributed by atoms with Gasteiger partial charge in [0.15, 0.2) is 0 Å². The van der Waals surface area contributed by atoms with E-state index in [1.165, 1.54) is 0 Å². The minimum Gasteiger partial charge on any atom is -0.472 e. The molecule has 0 unspecified atom stereocenters. The van der Waals surface area contributed by atoms with Crippen molar-refractivity contribution in [2.24, 2.45) is 0 Å². The van der Waals surface area contributed by atoms with E-state index in [9.17, 15) is 4.79 Å². The molecule has 3 nitrogen and oxygen atoms in total. The van der Waals surface area contributed by atoms with Crippen LogP contribution in [0.5, 0.6) is 0 Å². The second-order valence-electron chi connectivity index (χ2n) is 3.95. The van der Waals surface area contributed by atoms with Crippen molar-refractivity contribution < 1.29 is 9.21 Å². The van der Waals surface area contributed by atoms with E-state index in [0.717, 1.165) is 16.7 Å². The van der Waals surface area contributed by atoms with Crippen LogP contribution in [0.1, 0.15) is 21.5 Å². The van der Waals surface area contributed by atoms with Gasteiger partial charge >= 0.3 is 0 Å². The number of fused-ring (bicyclic) bond motifs is 1. The van der Waals surface area contributed by atoms with Gasteiger partial charge < -0.3 is 9.32 Å². The van der Waals surface area contributed by atoms with E-state index in [-0.39, 0.29) is 5.91 Å². The molecule has 1 aromatic carbocycles. The number of hydrogen-bond acceptors (Lipinski definition) is 2. The van der Waals surface area contributed by atoms with Crippen LogP contribution in [0, 0.1) is 0 Å². The fraction of sp³-hybridized carbons (Fsp3) is 0.154. The van der Waals surface area contributed by atoms with Gasteiger partial charge in [0, 0.05) is 29.8 Å². The zero-order valence-corrected chi connectivity index (χ0v) is 8.72. The summed E-state index contributed by atoms with van der Waals surface area (Å²) in [6.07, 6.45) is 3.43. The lowest BCUT2D eigenvalue weighted by Gasteiger charge is -2.15. The van der Waals surface area contributed by atoms with Crippen LogP contribution in [-0.4, -0.2) is 10.8 Å². The molecule has 0 saturated heterocycles. The highest BCUT2D eigenvalue weighted by Gasteiger charge is 2.25. The summed E-state index contributed by atoms with van der Waals surface area (Å²) < 4.78 is 5.08. The molecule has 3 rings (SSSR count). The maximum atomic E-state index is 12.1. The number of nitrogens with zero attached hydrogens (tertiary/aromatic N) is 1. The smallest absolute Gasteiger partial charge is 0.254 e. The Morgan fingerprint density at radius 3 is 2.31 bits per heavy atom. The van der Waals surface area contributed by atoms with Gasteiger partial charge in [-0.1, -0.05) is 18.2 Å². The first-order chi connectivity index (χ1) is 7.84. The molecule has 1 aliphatic heterocycles. The Balaban J connectivity index is 1.82. The van der Waals surface area contributed by atoms with Gasteiger partial charge in [0.2, 0.25) is 0 Å². The maximum absolute atomic E-state index is 12.1. The van der Waals surface area contributed by atoms with Gasteiger partial charge in [0.05, 0.1) is 12.5 Å². The number of hydrogen-bond donors (Lipinski definition) is 0. The zero-order chi connectivity index (χ0) is 11.0. The Kier molecular flexibility index (Phi) is 2.03. The van der Waals surface area contributed by atoms with Crippen LogP contribution in [0.3, 0.4) is 0 Å². The Labute approximate surface area is 93.3 Å². The molecular formula is C13H11NO2. The highest BCUT2D eigenvalue weighted by Crippen LogP contribution is 2.24. The van der Waals surface area contributed by atoms with Crippen LogP contribution in [0.4, 0.5) is 0 Å². The lowest BCUT2D eigenvalue weighted by Crippen LogP contribution is -2.25. The number of furan rings is 1. The average molecular weight is 213 g/mol. The van der Waals surface area contributed by atoms with Crippen LogP contribution >= 0.6 is 0 Å². The van der Waals surface area contributed by atoms with Crippen molar-refractivity contribution in [1.82, 2.24) is 4.90 Å². The Hall–Kier alpha value is -2.03. The first kappa shape index (κ1) is 9.21. The molecule has 0 bridgehead atoms. The van der Waals surface area contributed by atoms with Crippen molar-refractivity contribution in [3.05, 3.63) is 59.5 Å². The molecule has 1 aromatic heterocycles. The second-order valence-corrected chi connectivity index (χ2v) is 3.95. The number of benzene rings is 1. The molecule has 3 heteroatoms. The fourth-order valence-electron chi connectivity index (χ4n) is 2.00. The monoisotopic (exact) mass is 213 g/mol. The molecule has 0 aliphatic carbocycles. The van der Waals surface area contributed by atoms with Gasteiger partial charge in [-0.05, 0) is 12.1 Å². The summed E-state index contributed by atoms with van der Waals surface area (Å²) in [6, 6.07) is 9.36. The van der Waals surface area contributed by atoms with Crippen LogP contribution < -0.4 is 0 Å². The van der Waals surface area contributed by atoms with E-state index in [2.05, 4.69) is 0 Å². The summed E-state index contributed by atoms with van der Waals surface area (Å²) in [5.41, 5.74) is 2.97. The molecule has 0 fully saturated rings. The minimum atomic E-state index is 0.0804. The highest BCUT2D eigenvalue weighted by molar-refractivity contribution is 5.94. The van der Waals surface area contributed by atoms with Gasteiger partial charge in [0.25, 0.3) is 5.91 Å². The summed E-state index contributed by atoms with van der Waals surface area (Å²) >= 11 is 0. The highest BCUT2D eigenvalue weighted by atomic mass is 16.3. The molecule has 80 valence electrons. The summed E-state index contributed by atoms with van der Waals surface area (Å²) in [5.74, 6) is 0.0804. The average Bonchev–Trinajstić information content (AvgIpc) is 2.89.